The van der Waals surface area contributed by atoms with Gasteiger partial charge in [-0.25, -0.2) is 0 Å². The molecule has 15 nitrogen and oxygen atoms in total. The van der Waals surface area contributed by atoms with Gasteiger partial charge in [-0.2, -0.15) is 0 Å². The number of esters is 2. The van der Waals surface area contributed by atoms with Crippen LogP contribution in [0.2, 0.25) is 0 Å². The third kappa shape index (κ3) is 29.6. The minimum Gasteiger partial charge on any atom is -0.462 e. The summed E-state index contributed by atoms with van der Waals surface area (Å²) >= 11 is 0. The number of allylic oxidation sites excluding steroid dienone is 4. The molecule has 4 unspecified atom stereocenters. The van der Waals surface area contributed by atoms with Crippen LogP contribution in [0.15, 0.2) is 24.3 Å². The van der Waals surface area contributed by atoms with E-state index < -0.39 is 99.3 Å². The maximum atomic E-state index is 13.0. The molecule has 0 aromatic carbocycles. The van der Waals surface area contributed by atoms with E-state index in [2.05, 4.69) is 32.1 Å². The summed E-state index contributed by atoms with van der Waals surface area (Å²) in [5.74, 6) is -0.967. The lowest BCUT2D eigenvalue weighted by atomic mass is 9.98. The Hall–Kier alpha value is -2.02. The van der Waals surface area contributed by atoms with Crippen molar-refractivity contribution < 1.29 is 73.8 Å². The smallest absolute Gasteiger partial charge is 0.306 e. The summed E-state index contributed by atoms with van der Waals surface area (Å²) in [6.07, 6.45) is 27.8. The van der Waals surface area contributed by atoms with E-state index in [1.54, 1.807) is 0 Å². The van der Waals surface area contributed by atoms with Crippen LogP contribution in [0.5, 0.6) is 0 Å². The highest BCUT2D eigenvalue weighted by atomic mass is 16.7. The lowest BCUT2D eigenvalue weighted by Gasteiger charge is -2.42. The molecule has 0 aliphatic carbocycles. The number of hydrogen-bond donors (Lipinski definition) is 7. The molecule has 410 valence electrons. The first-order valence-electron chi connectivity index (χ1n) is 27.9. The highest BCUT2D eigenvalue weighted by Crippen LogP contribution is 2.27. The SMILES string of the molecule is CCCCCCCCCCC/C=C/C/C=C/CCCC(=O)O[C@@H](COC(=O)CCCCCCCCCCCCCCCCCCC)CO[C@@H]1O[C@H](CO[C@@H]2O[C@H](CO)[C@H](O)C(O)C2O)[C@H](O)C(O)C1O. The number of ether oxygens (including phenoxy) is 6. The van der Waals surface area contributed by atoms with Crippen LogP contribution in [0.25, 0.3) is 0 Å². The van der Waals surface area contributed by atoms with Crippen molar-refractivity contribution in [2.75, 3.05) is 26.4 Å². The monoisotopic (exact) mass is 1000 g/mol. The van der Waals surface area contributed by atoms with Gasteiger partial charge in [0, 0.05) is 12.8 Å². The van der Waals surface area contributed by atoms with Gasteiger partial charge >= 0.3 is 11.9 Å². The summed E-state index contributed by atoms with van der Waals surface area (Å²) in [5.41, 5.74) is 0. The summed E-state index contributed by atoms with van der Waals surface area (Å²) in [6, 6.07) is 0. The lowest BCUT2D eigenvalue weighted by molar-refractivity contribution is -0.332. The maximum Gasteiger partial charge on any atom is 0.306 e. The Kier molecular flexibility index (Phi) is 38.8. The minimum atomic E-state index is -1.77. The van der Waals surface area contributed by atoms with Gasteiger partial charge in [0.25, 0.3) is 0 Å². The molecule has 15 heteroatoms. The van der Waals surface area contributed by atoms with Gasteiger partial charge in [-0.3, -0.25) is 9.59 Å². The molecule has 0 radical (unpaired) electrons. The first kappa shape index (κ1) is 64.1. The topological polar surface area (TPSA) is 231 Å². The molecule has 2 aliphatic rings. The molecule has 70 heavy (non-hydrogen) atoms. The summed E-state index contributed by atoms with van der Waals surface area (Å²) in [6.45, 7) is 2.58. The quantitative estimate of drug-likeness (QED) is 0.0172. The molecule has 2 rings (SSSR count). The first-order valence-corrected chi connectivity index (χ1v) is 27.9. The van der Waals surface area contributed by atoms with E-state index >= 15 is 0 Å². The largest absolute Gasteiger partial charge is 0.462 e. The normalized spacial score (nSPS) is 25.5. The zero-order chi connectivity index (χ0) is 51.0. The molecule has 0 aromatic rings. The minimum absolute atomic E-state index is 0.104. The van der Waals surface area contributed by atoms with Crippen molar-refractivity contribution in [1.29, 1.82) is 0 Å². The summed E-state index contributed by atoms with van der Waals surface area (Å²) < 4.78 is 33.6. The van der Waals surface area contributed by atoms with Gasteiger partial charge < -0.3 is 64.2 Å². The maximum absolute atomic E-state index is 13.0. The fourth-order valence-electron chi connectivity index (χ4n) is 8.85. The fourth-order valence-corrected chi connectivity index (χ4v) is 8.85. The third-order valence-corrected chi connectivity index (χ3v) is 13.4. The van der Waals surface area contributed by atoms with Crippen LogP contribution in [0.1, 0.15) is 219 Å². The molecule has 7 N–H and O–H groups in total. The van der Waals surface area contributed by atoms with E-state index in [0.29, 0.717) is 19.3 Å². The van der Waals surface area contributed by atoms with E-state index in [4.69, 9.17) is 28.4 Å². The van der Waals surface area contributed by atoms with Gasteiger partial charge in [-0.05, 0) is 38.5 Å². The molecular formula is C55H100O15. The molecule has 2 heterocycles. The third-order valence-electron chi connectivity index (χ3n) is 13.4. The molecule has 0 aromatic heterocycles. The molecule has 0 spiro atoms. The second-order valence-corrected chi connectivity index (χ2v) is 19.8. The zero-order valence-electron chi connectivity index (χ0n) is 43.5. The first-order chi connectivity index (χ1) is 34.0. The standard InChI is InChI=1S/C55H100O15/c1-3-5-7-9-11-13-15-17-19-21-23-25-27-29-31-33-35-37-46(57)65-40-43(68-47(58)38-36-34-32-30-28-26-24-22-20-18-16-14-12-10-8-6-4-2)41-66-54-53(64)51(62)49(60)45(70-54)42-67-55-52(63)50(61)48(59)44(39-56)69-55/h24,26,30,32,43-45,48-56,59-64H,3-23,25,27-29,31,33-42H2,1-2H3/b26-24+,32-30+/t43-,44+,45+,48-,49-,50?,51?,52?,53?,54+,55+/m0/s1. The highest BCUT2D eigenvalue weighted by Gasteiger charge is 2.47. The predicted molar refractivity (Wildman–Crippen MR) is 271 cm³/mol. The van der Waals surface area contributed by atoms with E-state index in [1.165, 1.54) is 141 Å². The number of aliphatic hydroxyl groups excluding tert-OH is 7. The van der Waals surface area contributed by atoms with Crippen molar-refractivity contribution in [1.82, 2.24) is 0 Å². The van der Waals surface area contributed by atoms with Crippen LogP contribution in [0, 0.1) is 0 Å². The van der Waals surface area contributed by atoms with Crippen LogP contribution in [0.3, 0.4) is 0 Å². The average molecular weight is 1000 g/mol. The molecule has 11 atom stereocenters. The van der Waals surface area contributed by atoms with Gasteiger partial charge in [0.05, 0.1) is 19.8 Å². The Balaban J connectivity index is 1.79. The number of carbonyl (C=O) groups excluding carboxylic acids is 2. The number of unbranched alkanes of at least 4 members (excludes halogenated alkanes) is 26. The number of aliphatic hydroxyl groups is 7. The van der Waals surface area contributed by atoms with Crippen molar-refractivity contribution in [3.05, 3.63) is 24.3 Å². The molecule has 2 saturated heterocycles. The van der Waals surface area contributed by atoms with E-state index in [-0.39, 0.29) is 19.4 Å². The van der Waals surface area contributed by atoms with Crippen molar-refractivity contribution in [3.8, 4) is 0 Å². The van der Waals surface area contributed by atoms with Crippen molar-refractivity contribution in [3.63, 3.8) is 0 Å². The van der Waals surface area contributed by atoms with Crippen molar-refractivity contribution in [2.24, 2.45) is 0 Å². The average Bonchev–Trinajstić information content (AvgIpc) is 3.35. The molecule has 0 bridgehead atoms. The zero-order valence-corrected chi connectivity index (χ0v) is 43.5. The summed E-state index contributed by atoms with van der Waals surface area (Å²) in [7, 11) is 0. The Morgan fingerprint density at radius 3 is 1.37 bits per heavy atom. The van der Waals surface area contributed by atoms with Crippen LogP contribution in [0.4, 0.5) is 0 Å². The van der Waals surface area contributed by atoms with Crippen LogP contribution in [-0.2, 0) is 38.0 Å². The number of carbonyl (C=O) groups is 2. The van der Waals surface area contributed by atoms with Crippen LogP contribution in [-0.4, -0.2) is 142 Å². The number of rotatable bonds is 44. The predicted octanol–water partition coefficient (Wildman–Crippen LogP) is 8.72. The van der Waals surface area contributed by atoms with Crippen LogP contribution >= 0.6 is 0 Å². The second-order valence-electron chi connectivity index (χ2n) is 19.8. The Morgan fingerprint density at radius 1 is 0.457 bits per heavy atom. The van der Waals surface area contributed by atoms with Crippen molar-refractivity contribution in [2.45, 2.75) is 287 Å². The Labute approximate surface area is 422 Å². The van der Waals surface area contributed by atoms with E-state index in [1.807, 2.05) is 6.08 Å². The molecular weight excluding hydrogens is 901 g/mol. The van der Waals surface area contributed by atoms with Crippen molar-refractivity contribution >= 4 is 11.9 Å². The van der Waals surface area contributed by atoms with Gasteiger partial charge in [0.15, 0.2) is 18.7 Å². The fraction of sp³-hybridized carbons (Fsp3) is 0.891. The summed E-state index contributed by atoms with van der Waals surface area (Å²) in [4.78, 5) is 25.8. The molecule has 2 fully saturated rings. The van der Waals surface area contributed by atoms with E-state index in [9.17, 15) is 45.3 Å². The van der Waals surface area contributed by atoms with Gasteiger partial charge in [0.2, 0.25) is 0 Å². The van der Waals surface area contributed by atoms with Crippen LogP contribution < -0.4 is 0 Å². The molecule has 0 amide bonds. The molecule has 2 aliphatic heterocycles. The summed E-state index contributed by atoms with van der Waals surface area (Å²) in [5, 5.41) is 72.2. The van der Waals surface area contributed by atoms with Gasteiger partial charge in [0.1, 0.15) is 55.4 Å². The number of hydrogen-bond acceptors (Lipinski definition) is 15. The lowest BCUT2D eigenvalue weighted by Crippen LogP contribution is -2.61. The van der Waals surface area contributed by atoms with E-state index in [0.717, 1.165) is 32.1 Å². The Bertz CT molecular complexity index is 1310. The second kappa shape index (κ2) is 42.3. The highest BCUT2D eigenvalue weighted by molar-refractivity contribution is 5.70. The molecule has 0 saturated carbocycles. The van der Waals surface area contributed by atoms with Gasteiger partial charge in [-0.1, -0.05) is 192 Å². The Morgan fingerprint density at radius 2 is 0.871 bits per heavy atom. The van der Waals surface area contributed by atoms with Gasteiger partial charge in [-0.15, -0.1) is 0 Å².